The molecule has 1 heterocycles. The van der Waals surface area contributed by atoms with E-state index in [-0.39, 0.29) is 24.8 Å². The average Bonchev–Trinajstić information content (AvgIpc) is 2.92. The van der Waals surface area contributed by atoms with Crippen molar-refractivity contribution >= 4 is 12.4 Å². The summed E-state index contributed by atoms with van der Waals surface area (Å²) in [6.45, 7) is 1.85. The van der Waals surface area contributed by atoms with E-state index in [0.29, 0.717) is 6.54 Å². The number of hydrogen-bond acceptors (Lipinski definition) is 3. The van der Waals surface area contributed by atoms with Crippen molar-refractivity contribution < 1.29 is 13.9 Å². The SMILES string of the molecule is Cl.OCCCCCNCc1ccc(-c2ccc(F)cc2)o1. The summed E-state index contributed by atoms with van der Waals surface area (Å²) in [4.78, 5) is 0. The molecule has 0 saturated heterocycles. The maximum absolute atomic E-state index is 12.8. The van der Waals surface area contributed by atoms with Gasteiger partial charge in [0.2, 0.25) is 0 Å². The van der Waals surface area contributed by atoms with Crippen LogP contribution in [-0.2, 0) is 6.54 Å². The van der Waals surface area contributed by atoms with Crippen molar-refractivity contribution in [3.63, 3.8) is 0 Å². The lowest BCUT2D eigenvalue weighted by Gasteiger charge is -2.02. The Kier molecular flexibility index (Phi) is 8.05. The van der Waals surface area contributed by atoms with Crippen LogP contribution in [0.3, 0.4) is 0 Å². The molecule has 0 spiro atoms. The highest BCUT2D eigenvalue weighted by molar-refractivity contribution is 5.85. The maximum atomic E-state index is 12.8. The van der Waals surface area contributed by atoms with E-state index >= 15 is 0 Å². The first kappa shape index (κ1) is 17.7. The Morgan fingerprint density at radius 2 is 1.76 bits per heavy atom. The first-order valence-corrected chi connectivity index (χ1v) is 6.96. The van der Waals surface area contributed by atoms with Crippen molar-refractivity contribution in [1.29, 1.82) is 0 Å². The molecular weight excluding hydrogens is 293 g/mol. The second kappa shape index (κ2) is 9.55. The van der Waals surface area contributed by atoms with E-state index in [9.17, 15) is 4.39 Å². The minimum atomic E-state index is -0.245. The van der Waals surface area contributed by atoms with Gasteiger partial charge in [-0.3, -0.25) is 0 Å². The summed E-state index contributed by atoms with van der Waals surface area (Å²) < 4.78 is 18.6. The average molecular weight is 314 g/mol. The Bertz CT molecular complexity index is 513. The van der Waals surface area contributed by atoms with E-state index in [1.165, 1.54) is 12.1 Å². The van der Waals surface area contributed by atoms with E-state index in [0.717, 1.165) is 42.9 Å². The predicted molar refractivity (Wildman–Crippen MR) is 84.0 cm³/mol. The first-order valence-electron chi connectivity index (χ1n) is 6.96. The third-order valence-electron chi connectivity index (χ3n) is 3.10. The summed E-state index contributed by atoms with van der Waals surface area (Å²) in [6.07, 6.45) is 2.94. The molecule has 1 aromatic heterocycles. The van der Waals surface area contributed by atoms with Crippen molar-refractivity contribution in [3.05, 3.63) is 48.0 Å². The van der Waals surface area contributed by atoms with Gasteiger partial charge in [0.05, 0.1) is 6.54 Å². The Morgan fingerprint density at radius 3 is 2.48 bits per heavy atom. The van der Waals surface area contributed by atoms with E-state index in [2.05, 4.69) is 5.32 Å². The summed E-state index contributed by atoms with van der Waals surface area (Å²) in [5, 5.41) is 12.0. The molecule has 0 bridgehead atoms. The van der Waals surface area contributed by atoms with Crippen LogP contribution >= 0.6 is 12.4 Å². The van der Waals surface area contributed by atoms with Crippen molar-refractivity contribution in [2.75, 3.05) is 13.2 Å². The molecule has 116 valence electrons. The number of benzene rings is 1. The van der Waals surface area contributed by atoms with Crippen molar-refractivity contribution in [2.24, 2.45) is 0 Å². The zero-order chi connectivity index (χ0) is 14.2. The zero-order valence-corrected chi connectivity index (χ0v) is 12.7. The van der Waals surface area contributed by atoms with Gasteiger partial charge in [-0.2, -0.15) is 0 Å². The Hall–Kier alpha value is -1.36. The predicted octanol–water partition coefficient (Wildman–Crippen LogP) is 3.76. The molecule has 0 atom stereocenters. The van der Waals surface area contributed by atoms with Gasteiger partial charge in [-0.25, -0.2) is 4.39 Å². The van der Waals surface area contributed by atoms with Gasteiger partial charge in [0.1, 0.15) is 17.3 Å². The van der Waals surface area contributed by atoms with Crippen molar-refractivity contribution in [1.82, 2.24) is 5.32 Å². The van der Waals surface area contributed by atoms with Gasteiger partial charge in [-0.1, -0.05) is 0 Å². The fraction of sp³-hybridized carbons (Fsp3) is 0.375. The molecule has 0 aliphatic carbocycles. The fourth-order valence-electron chi connectivity index (χ4n) is 1.99. The second-order valence-corrected chi connectivity index (χ2v) is 4.73. The number of hydrogen-bond donors (Lipinski definition) is 2. The van der Waals surface area contributed by atoms with Gasteiger partial charge in [-0.05, 0) is 62.2 Å². The molecule has 1 aromatic carbocycles. The van der Waals surface area contributed by atoms with Gasteiger partial charge in [0.25, 0.3) is 0 Å². The largest absolute Gasteiger partial charge is 0.460 e. The molecule has 0 aliphatic rings. The standard InChI is InChI=1S/C16H20FNO2.ClH/c17-14-6-4-13(5-7-14)16-9-8-15(20-16)12-18-10-2-1-3-11-19;/h4-9,18-19H,1-3,10-12H2;1H. The van der Waals surface area contributed by atoms with Gasteiger partial charge >= 0.3 is 0 Å². The maximum Gasteiger partial charge on any atom is 0.134 e. The Labute approximate surface area is 130 Å². The van der Waals surface area contributed by atoms with E-state index < -0.39 is 0 Å². The quantitative estimate of drug-likeness (QED) is 0.729. The summed E-state index contributed by atoms with van der Waals surface area (Å²) in [6, 6.07) is 10.1. The van der Waals surface area contributed by atoms with Crippen LogP contribution < -0.4 is 5.32 Å². The van der Waals surface area contributed by atoms with Crippen molar-refractivity contribution in [2.45, 2.75) is 25.8 Å². The first-order chi connectivity index (χ1) is 9.79. The minimum Gasteiger partial charge on any atom is -0.460 e. The number of aliphatic hydroxyl groups is 1. The lowest BCUT2D eigenvalue weighted by atomic mass is 10.2. The Balaban J connectivity index is 0.00000220. The lowest BCUT2D eigenvalue weighted by Crippen LogP contribution is -2.14. The number of rotatable bonds is 8. The van der Waals surface area contributed by atoms with Crippen LogP contribution in [0.4, 0.5) is 4.39 Å². The number of unbranched alkanes of at least 4 members (excludes halogenated alkanes) is 2. The van der Waals surface area contributed by atoms with Gasteiger partial charge in [0, 0.05) is 12.2 Å². The third-order valence-corrected chi connectivity index (χ3v) is 3.10. The highest BCUT2D eigenvalue weighted by Gasteiger charge is 2.04. The molecule has 0 amide bonds. The molecule has 2 aromatic rings. The molecule has 2 N–H and O–H groups in total. The molecule has 2 rings (SSSR count). The van der Waals surface area contributed by atoms with Gasteiger partial charge in [-0.15, -0.1) is 12.4 Å². The topological polar surface area (TPSA) is 45.4 Å². The third kappa shape index (κ3) is 5.87. The number of aliphatic hydroxyl groups excluding tert-OH is 1. The molecular formula is C16H21ClFNO2. The number of nitrogens with one attached hydrogen (secondary N) is 1. The van der Waals surface area contributed by atoms with Crippen LogP contribution in [0.15, 0.2) is 40.8 Å². The molecule has 5 heteroatoms. The highest BCUT2D eigenvalue weighted by Crippen LogP contribution is 2.22. The molecule has 0 unspecified atom stereocenters. The number of furan rings is 1. The monoisotopic (exact) mass is 313 g/mol. The summed E-state index contributed by atoms with van der Waals surface area (Å²) in [5.41, 5.74) is 0.876. The molecule has 0 fully saturated rings. The van der Waals surface area contributed by atoms with Crippen LogP contribution in [0.5, 0.6) is 0 Å². The van der Waals surface area contributed by atoms with Crippen LogP contribution in [0.2, 0.25) is 0 Å². The minimum absolute atomic E-state index is 0. The Morgan fingerprint density at radius 1 is 1.00 bits per heavy atom. The molecule has 21 heavy (non-hydrogen) atoms. The molecule has 3 nitrogen and oxygen atoms in total. The smallest absolute Gasteiger partial charge is 0.134 e. The molecule has 0 radical (unpaired) electrons. The zero-order valence-electron chi connectivity index (χ0n) is 11.8. The second-order valence-electron chi connectivity index (χ2n) is 4.73. The van der Waals surface area contributed by atoms with E-state index in [1.54, 1.807) is 12.1 Å². The van der Waals surface area contributed by atoms with E-state index in [4.69, 9.17) is 9.52 Å². The molecule has 0 aliphatic heterocycles. The number of halogens is 2. The summed E-state index contributed by atoms with van der Waals surface area (Å²) in [5.74, 6) is 1.37. The van der Waals surface area contributed by atoms with E-state index in [1.807, 2.05) is 12.1 Å². The van der Waals surface area contributed by atoms with Gasteiger partial charge < -0.3 is 14.8 Å². The highest BCUT2D eigenvalue weighted by atomic mass is 35.5. The van der Waals surface area contributed by atoms with Crippen LogP contribution in [0.25, 0.3) is 11.3 Å². The van der Waals surface area contributed by atoms with Gasteiger partial charge in [0.15, 0.2) is 0 Å². The van der Waals surface area contributed by atoms with Crippen LogP contribution in [0.1, 0.15) is 25.0 Å². The molecule has 0 saturated carbocycles. The van der Waals surface area contributed by atoms with Crippen molar-refractivity contribution in [3.8, 4) is 11.3 Å². The summed E-state index contributed by atoms with van der Waals surface area (Å²) >= 11 is 0. The normalized spacial score (nSPS) is 10.4. The lowest BCUT2D eigenvalue weighted by molar-refractivity contribution is 0.282. The van der Waals surface area contributed by atoms with Crippen LogP contribution in [0, 0.1) is 5.82 Å². The van der Waals surface area contributed by atoms with Crippen LogP contribution in [-0.4, -0.2) is 18.3 Å². The fourth-order valence-corrected chi connectivity index (χ4v) is 1.99. The summed E-state index contributed by atoms with van der Waals surface area (Å²) in [7, 11) is 0.